The summed E-state index contributed by atoms with van der Waals surface area (Å²) in [5, 5.41) is 8.60. The van der Waals surface area contributed by atoms with Crippen molar-refractivity contribution in [2.45, 2.75) is 13.0 Å². The predicted octanol–water partition coefficient (Wildman–Crippen LogP) is 1.35. The van der Waals surface area contributed by atoms with Crippen LogP contribution in [0.5, 0.6) is 5.75 Å². The summed E-state index contributed by atoms with van der Waals surface area (Å²) < 4.78 is 9.80. The lowest BCUT2D eigenvalue weighted by Gasteiger charge is -2.11. The Labute approximate surface area is 93.4 Å². The van der Waals surface area contributed by atoms with Crippen LogP contribution in [-0.2, 0) is 4.74 Å². The maximum atomic E-state index is 11.2. The molecule has 0 aliphatic heterocycles. The number of hydrogen-bond donors (Lipinski definition) is 1. The van der Waals surface area contributed by atoms with Crippen molar-refractivity contribution in [3.8, 4) is 11.8 Å². The lowest BCUT2D eigenvalue weighted by molar-refractivity contribution is 0.0600. The van der Waals surface area contributed by atoms with E-state index in [2.05, 4.69) is 4.74 Å². The fourth-order valence-corrected chi connectivity index (χ4v) is 1.10. The highest BCUT2D eigenvalue weighted by molar-refractivity contribution is 5.90. The Bertz CT molecular complexity index is 437. The average Bonchev–Trinajstić information content (AvgIpc) is 2.30. The number of carbonyl (C=O) groups is 1. The largest absolute Gasteiger partial charge is 0.474 e. The number of rotatable bonds is 3. The molecule has 0 saturated heterocycles. The molecule has 1 unspecified atom stereocenters. The molecule has 5 heteroatoms. The lowest BCUT2D eigenvalue weighted by Crippen LogP contribution is -2.11. The van der Waals surface area contributed by atoms with Crippen molar-refractivity contribution in [3.63, 3.8) is 0 Å². The van der Waals surface area contributed by atoms with Crippen LogP contribution >= 0.6 is 0 Å². The first-order valence-corrected chi connectivity index (χ1v) is 4.62. The highest BCUT2D eigenvalue weighted by atomic mass is 16.5. The SMILES string of the molecule is COC(=O)c1ccc(N)c(OC(C)C#N)c1. The first-order valence-electron chi connectivity index (χ1n) is 4.62. The van der Waals surface area contributed by atoms with Crippen molar-refractivity contribution in [1.82, 2.24) is 0 Å². The van der Waals surface area contributed by atoms with Crippen molar-refractivity contribution < 1.29 is 14.3 Å². The number of methoxy groups -OCH3 is 1. The van der Waals surface area contributed by atoms with Crippen LogP contribution in [0, 0.1) is 11.3 Å². The van der Waals surface area contributed by atoms with E-state index in [9.17, 15) is 4.79 Å². The minimum absolute atomic E-state index is 0.303. The smallest absolute Gasteiger partial charge is 0.337 e. The van der Waals surface area contributed by atoms with Crippen LogP contribution in [0.25, 0.3) is 0 Å². The van der Waals surface area contributed by atoms with E-state index >= 15 is 0 Å². The summed E-state index contributed by atoms with van der Waals surface area (Å²) in [5.41, 5.74) is 6.35. The lowest BCUT2D eigenvalue weighted by atomic mass is 10.2. The molecule has 0 aromatic heterocycles. The molecule has 0 aliphatic rings. The zero-order valence-corrected chi connectivity index (χ0v) is 9.06. The molecule has 0 spiro atoms. The second-order valence-electron chi connectivity index (χ2n) is 3.13. The van der Waals surface area contributed by atoms with Gasteiger partial charge in [0.05, 0.1) is 18.4 Å². The van der Waals surface area contributed by atoms with Crippen LogP contribution in [0.3, 0.4) is 0 Å². The first kappa shape index (κ1) is 11.9. The summed E-state index contributed by atoms with van der Waals surface area (Å²) >= 11 is 0. The Morgan fingerprint density at radius 2 is 2.25 bits per heavy atom. The molecule has 1 rings (SSSR count). The molecule has 16 heavy (non-hydrogen) atoms. The van der Waals surface area contributed by atoms with Crippen LogP contribution in [0.1, 0.15) is 17.3 Å². The maximum Gasteiger partial charge on any atom is 0.337 e. The summed E-state index contributed by atoms with van der Waals surface area (Å²) in [6.07, 6.45) is -0.629. The molecule has 84 valence electrons. The molecule has 5 nitrogen and oxygen atoms in total. The number of nitrogens with zero attached hydrogens (tertiary/aromatic N) is 1. The summed E-state index contributed by atoms with van der Waals surface area (Å²) in [5.74, 6) is -0.175. The first-order chi connectivity index (χ1) is 7.58. The molecule has 0 saturated carbocycles. The van der Waals surface area contributed by atoms with Gasteiger partial charge in [0.1, 0.15) is 11.8 Å². The summed E-state index contributed by atoms with van der Waals surface area (Å²) in [7, 11) is 1.29. The van der Waals surface area contributed by atoms with Gasteiger partial charge in [-0.25, -0.2) is 4.79 Å². The quantitative estimate of drug-likeness (QED) is 0.613. The van der Waals surface area contributed by atoms with Gasteiger partial charge in [0.15, 0.2) is 6.10 Å². The molecule has 1 aromatic rings. The molecule has 0 fully saturated rings. The summed E-state index contributed by atoms with van der Waals surface area (Å²) in [6, 6.07) is 6.43. The van der Waals surface area contributed by atoms with Gasteiger partial charge in [0, 0.05) is 0 Å². The number of nitriles is 1. The molecule has 0 aliphatic carbocycles. The maximum absolute atomic E-state index is 11.2. The van der Waals surface area contributed by atoms with Gasteiger partial charge in [-0.3, -0.25) is 0 Å². The van der Waals surface area contributed by atoms with E-state index in [4.69, 9.17) is 15.7 Å². The van der Waals surface area contributed by atoms with E-state index in [1.165, 1.54) is 25.3 Å². The van der Waals surface area contributed by atoms with Gasteiger partial charge in [0.2, 0.25) is 0 Å². The van der Waals surface area contributed by atoms with Crippen molar-refractivity contribution in [1.29, 1.82) is 5.26 Å². The highest BCUT2D eigenvalue weighted by Gasteiger charge is 2.11. The van der Waals surface area contributed by atoms with E-state index in [1.54, 1.807) is 6.92 Å². The monoisotopic (exact) mass is 220 g/mol. The Balaban J connectivity index is 3.00. The molecule has 2 N–H and O–H groups in total. The highest BCUT2D eigenvalue weighted by Crippen LogP contribution is 2.24. The van der Waals surface area contributed by atoms with Gasteiger partial charge in [-0.2, -0.15) is 5.26 Å². The molecular weight excluding hydrogens is 208 g/mol. The number of carbonyl (C=O) groups excluding carboxylic acids is 1. The molecule has 1 aromatic carbocycles. The van der Waals surface area contributed by atoms with Gasteiger partial charge < -0.3 is 15.2 Å². The standard InChI is InChI=1S/C11H12N2O3/c1-7(6-12)16-10-5-8(11(14)15-2)3-4-9(10)13/h3-5,7H,13H2,1-2H3. The number of nitrogens with two attached hydrogens (primary N) is 1. The number of anilines is 1. The molecular formula is C11H12N2O3. The van der Waals surface area contributed by atoms with Crippen LogP contribution in [0.4, 0.5) is 5.69 Å². The van der Waals surface area contributed by atoms with Crippen LogP contribution in [0.15, 0.2) is 18.2 Å². The topological polar surface area (TPSA) is 85.3 Å². The van der Waals surface area contributed by atoms with Crippen molar-refractivity contribution in [3.05, 3.63) is 23.8 Å². The van der Waals surface area contributed by atoms with Crippen LogP contribution < -0.4 is 10.5 Å². The van der Waals surface area contributed by atoms with Gasteiger partial charge >= 0.3 is 5.97 Å². The number of ether oxygens (including phenoxy) is 2. The average molecular weight is 220 g/mol. The van der Waals surface area contributed by atoms with E-state index in [0.717, 1.165) is 0 Å². The second kappa shape index (κ2) is 5.03. The van der Waals surface area contributed by atoms with Crippen molar-refractivity contribution in [2.75, 3.05) is 12.8 Å². The van der Waals surface area contributed by atoms with Gasteiger partial charge in [-0.15, -0.1) is 0 Å². The predicted molar refractivity (Wildman–Crippen MR) is 57.9 cm³/mol. The van der Waals surface area contributed by atoms with Crippen molar-refractivity contribution >= 4 is 11.7 Å². The Morgan fingerprint density at radius 3 is 2.81 bits per heavy atom. The summed E-state index contributed by atoms with van der Waals surface area (Å²) in [4.78, 5) is 11.2. The normalized spacial score (nSPS) is 11.3. The Kier molecular flexibility index (Phi) is 3.72. The third-order valence-corrected chi connectivity index (χ3v) is 1.92. The zero-order chi connectivity index (χ0) is 12.1. The van der Waals surface area contributed by atoms with Crippen LogP contribution in [0.2, 0.25) is 0 Å². The molecule has 0 radical (unpaired) electrons. The third kappa shape index (κ3) is 2.64. The molecule has 0 heterocycles. The number of hydrogen-bond acceptors (Lipinski definition) is 5. The van der Waals surface area contributed by atoms with Crippen molar-refractivity contribution in [2.24, 2.45) is 0 Å². The zero-order valence-electron chi connectivity index (χ0n) is 9.06. The van der Waals surface area contributed by atoms with Gasteiger partial charge in [0.25, 0.3) is 0 Å². The van der Waals surface area contributed by atoms with Crippen LogP contribution in [-0.4, -0.2) is 19.2 Å². The molecule has 0 amide bonds. The fourth-order valence-electron chi connectivity index (χ4n) is 1.10. The fraction of sp³-hybridized carbons (Fsp3) is 0.273. The Hall–Kier alpha value is -2.22. The number of esters is 1. The van der Waals surface area contributed by atoms with E-state index in [-0.39, 0.29) is 0 Å². The Morgan fingerprint density at radius 1 is 1.56 bits per heavy atom. The number of benzene rings is 1. The molecule has 1 atom stereocenters. The number of nitrogen functional groups attached to an aromatic ring is 1. The minimum atomic E-state index is -0.629. The molecule has 0 bridgehead atoms. The van der Waals surface area contributed by atoms with E-state index < -0.39 is 12.1 Å². The summed E-state index contributed by atoms with van der Waals surface area (Å²) in [6.45, 7) is 1.59. The van der Waals surface area contributed by atoms with Gasteiger partial charge in [-0.05, 0) is 25.1 Å². The van der Waals surface area contributed by atoms with E-state index in [1.807, 2.05) is 6.07 Å². The van der Waals surface area contributed by atoms with E-state index in [0.29, 0.717) is 17.0 Å². The van der Waals surface area contributed by atoms with Gasteiger partial charge in [-0.1, -0.05) is 0 Å². The second-order valence-corrected chi connectivity index (χ2v) is 3.13. The third-order valence-electron chi connectivity index (χ3n) is 1.92. The minimum Gasteiger partial charge on any atom is -0.474 e.